The Morgan fingerprint density at radius 3 is 2.53 bits per heavy atom. The van der Waals surface area contributed by atoms with Crippen LogP contribution < -0.4 is 10.9 Å². The van der Waals surface area contributed by atoms with Crippen molar-refractivity contribution in [1.82, 2.24) is 20.2 Å². The van der Waals surface area contributed by atoms with Gasteiger partial charge in [-0.3, -0.25) is 9.59 Å². The fourth-order valence-electron chi connectivity index (χ4n) is 5.06. The largest absolute Gasteiger partial charge is 0.478 e. The maximum absolute atomic E-state index is 14.0. The lowest BCUT2D eigenvalue weighted by atomic mass is 10.0. The van der Waals surface area contributed by atoms with Gasteiger partial charge in [-0.2, -0.15) is 0 Å². The summed E-state index contributed by atoms with van der Waals surface area (Å²) in [6, 6.07) is 3.73. The summed E-state index contributed by atoms with van der Waals surface area (Å²) in [5.41, 5.74) is -0.330. The predicted molar refractivity (Wildman–Crippen MR) is 133 cm³/mol. The Balaban J connectivity index is 1.61. The van der Waals surface area contributed by atoms with Crippen LogP contribution in [0, 0.1) is 0 Å². The average Bonchev–Trinajstić information content (AvgIpc) is 3.29. The molecule has 0 bridgehead atoms. The van der Waals surface area contributed by atoms with Crippen molar-refractivity contribution < 1.29 is 24.2 Å². The molecule has 1 amide bonds. The van der Waals surface area contributed by atoms with E-state index in [4.69, 9.17) is 4.74 Å². The third kappa shape index (κ3) is 4.37. The van der Waals surface area contributed by atoms with E-state index in [9.17, 15) is 24.3 Å². The zero-order chi connectivity index (χ0) is 25.8. The first-order chi connectivity index (χ1) is 17.0. The molecule has 2 aliphatic rings. The first-order valence-corrected chi connectivity index (χ1v) is 12.2. The van der Waals surface area contributed by atoms with Gasteiger partial charge in [-0.05, 0) is 71.2 Å². The number of carboxylic acid groups (broad SMARTS) is 1. The number of ether oxygens (including phenoxy) is 1. The molecule has 3 aromatic rings. The van der Waals surface area contributed by atoms with Crippen LogP contribution in [0.15, 0.2) is 29.2 Å². The Bertz CT molecular complexity index is 1420. The molecule has 1 saturated carbocycles. The summed E-state index contributed by atoms with van der Waals surface area (Å²) < 4.78 is 5.75. The van der Waals surface area contributed by atoms with E-state index in [1.54, 1.807) is 43.9 Å². The van der Waals surface area contributed by atoms with E-state index in [0.717, 1.165) is 32.2 Å². The van der Waals surface area contributed by atoms with Gasteiger partial charge in [-0.15, -0.1) is 0 Å². The van der Waals surface area contributed by atoms with Crippen molar-refractivity contribution in [3.63, 3.8) is 0 Å². The topological polar surface area (TPSA) is 145 Å². The second-order valence-electron chi connectivity index (χ2n) is 10.6. The summed E-state index contributed by atoms with van der Waals surface area (Å²) >= 11 is 0. The normalized spacial score (nSPS) is 18.9. The predicted octanol–water partition coefficient (Wildman–Crippen LogP) is 2.77. The molecule has 10 nitrogen and oxygen atoms in total. The van der Waals surface area contributed by atoms with Gasteiger partial charge in [-0.25, -0.2) is 9.59 Å². The zero-order valence-electron chi connectivity index (χ0n) is 20.5. The minimum atomic E-state index is -1.18. The molecule has 36 heavy (non-hydrogen) atoms. The number of esters is 1. The maximum atomic E-state index is 14.0. The van der Waals surface area contributed by atoms with Gasteiger partial charge in [0.2, 0.25) is 0 Å². The van der Waals surface area contributed by atoms with Crippen molar-refractivity contribution in [2.24, 2.45) is 0 Å². The molecule has 1 aromatic carbocycles. The first-order valence-electron chi connectivity index (χ1n) is 12.2. The Morgan fingerprint density at radius 2 is 1.92 bits per heavy atom. The van der Waals surface area contributed by atoms with Crippen molar-refractivity contribution in [2.75, 3.05) is 6.54 Å². The van der Waals surface area contributed by atoms with Crippen LogP contribution in [-0.2, 0) is 9.53 Å². The highest BCUT2D eigenvalue weighted by Crippen LogP contribution is 2.34. The van der Waals surface area contributed by atoms with Crippen LogP contribution >= 0.6 is 0 Å². The van der Waals surface area contributed by atoms with Crippen LogP contribution in [0.3, 0.4) is 0 Å². The highest BCUT2D eigenvalue weighted by molar-refractivity contribution is 6.15. The highest BCUT2D eigenvalue weighted by Gasteiger charge is 2.46. The lowest BCUT2D eigenvalue weighted by molar-refractivity contribution is -0.161. The standard InChI is InChI=1S/C26H30N4O6/c1-26(2,3)36-25(35)21(18-5-4-10-27-18)30(14-7-8-14)23(32)13-6-9-17-15(11-13)19-16(24(33)34)12-28-20(19)22(31)29-17/h6,9,11-12,14,18,21,27-28H,4-5,7-8,10H2,1-3H3,(H,29,31)(H,33,34). The molecule has 5 rings (SSSR count). The number of carbonyl (C=O) groups excluding carboxylic acids is 2. The molecule has 2 aromatic heterocycles. The molecule has 3 heterocycles. The quantitative estimate of drug-likeness (QED) is 0.386. The number of nitrogens with one attached hydrogen (secondary N) is 3. The molecule has 0 radical (unpaired) electrons. The first kappa shape index (κ1) is 24.1. The number of aromatic carboxylic acids is 1. The van der Waals surface area contributed by atoms with Crippen LogP contribution in [0.5, 0.6) is 0 Å². The molecule has 190 valence electrons. The lowest BCUT2D eigenvalue weighted by Gasteiger charge is -2.36. The number of aromatic nitrogens is 2. The van der Waals surface area contributed by atoms with Crippen LogP contribution in [0.4, 0.5) is 0 Å². The molecular formula is C26H30N4O6. The van der Waals surface area contributed by atoms with Gasteiger partial charge < -0.3 is 30.0 Å². The molecule has 1 saturated heterocycles. The van der Waals surface area contributed by atoms with Gasteiger partial charge in [-0.1, -0.05) is 0 Å². The van der Waals surface area contributed by atoms with Crippen molar-refractivity contribution >= 4 is 39.7 Å². The molecule has 10 heteroatoms. The second kappa shape index (κ2) is 8.77. The van der Waals surface area contributed by atoms with Gasteiger partial charge in [0.05, 0.1) is 5.56 Å². The molecule has 2 atom stereocenters. The summed E-state index contributed by atoms with van der Waals surface area (Å²) in [5.74, 6) is -1.94. The Morgan fingerprint density at radius 1 is 1.17 bits per heavy atom. The summed E-state index contributed by atoms with van der Waals surface area (Å²) in [6.45, 7) is 6.18. The third-order valence-electron chi connectivity index (χ3n) is 6.72. The van der Waals surface area contributed by atoms with Crippen LogP contribution in [-0.4, -0.2) is 68.1 Å². The smallest absolute Gasteiger partial charge is 0.337 e. The van der Waals surface area contributed by atoms with E-state index in [-0.39, 0.29) is 34.5 Å². The summed E-state index contributed by atoms with van der Waals surface area (Å²) in [5, 5.41) is 13.7. The Kier molecular flexibility index (Phi) is 5.86. The molecule has 1 aliphatic carbocycles. The van der Waals surface area contributed by atoms with Crippen molar-refractivity contribution in [3.8, 4) is 0 Å². The van der Waals surface area contributed by atoms with E-state index >= 15 is 0 Å². The van der Waals surface area contributed by atoms with Crippen LogP contribution in [0.25, 0.3) is 21.8 Å². The van der Waals surface area contributed by atoms with Crippen LogP contribution in [0.2, 0.25) is 0 Å². The molecule has 2 unspecified atom stereocenters. The maximum Gasteiger partial charge on any atom is 0.337 e. The number of nitrogens with zero attached hydrogens (tertiary/aromatic N) is 1. The van der Waals surface area contributed by atoms with Gasteiger partial charge in [0.15, 0.2) is 0 Å². The van der Waals surface area contributed by atoms with E-state index in [2.05, 4.69) is 15.3 Å². The summed E-state index contributed by atoms with van der Waals surface area (Å²) in [7, 11) is 0. The monoisotopic (exact) mass is 494 g/mol. The molecule has 1 aliphatic heterocycles. The number of rotatable bonds is 6. The van der Waals surface area contributed by atoms with Crippen LogP contribution in [0.1, 0.15) is 67.2 Å². The number of fused-ring (bicyclic) bond motifs is 3. The van der Waals surface area contributed by atoms with E-state index in [0.29, 0.717) is 16.5 Å². The van der Waals surface area contributed by atoms with Gasteiger partial charge in [0.1, 0.15) is 17.2 Å². The Labute approximate surface area is 207 Å². The minimum Gasteiger partial charge on any atom is -0.478 e. The number of carboxylic acids is 1. The van der Waals surface area contributed by atoms with Gasteiger partial charge in [0.25, 0.3) is 11.5 Å². The number of aromatic amines is 2. The van der Waals surface area contributed by atoms with Gasteiger partial charge in [0, 0.05) is 40.1 Å². The fourth-order valence-corrected chi connectivity index (χ4v) is 5.06. The number of H-pyrrole nitrogens is 2. The number of hydrogen-bond donors (Lipinski definition) is 4. The molecule has 0 spiro atoms. The van der Waals surface area contributed by atoms with Gasteiger partial charge >= 0.3 is 11.9 Å². The van der Waals surface area contributed by atoms with E-state index in [1.165, 1.54) is 6.20 Å². The summed E-state index contributed by atoms with van der Waals surface area (Å²) in [6.07, 6.45) is 4.53. The lowest BCUT2D eigenvalue weighted by Crippen LogP contribution is -2.57. The number of hydrogen-bond acceptors (Lipinski definition) is 6. The number of benzene rings is 1. The number of pyridine rings is 1. The zero-order valence-corrected chi connectivity index (χ0v) is 20.5. The van der Waals surface area contributed by atoms with E-state index in [1.807, 2.05) is 0 Å². The van der Waals surface area contributed by atoms with E-state index < -0.39 is 29.1 Å². The van der Waals surface area contributed by atoms with Crippen molar-refractivity contribution in [2.45, 2.75) is 70.2 Å². The SMILES string of the molecule is CC(C)(C)OC(=O)C(C1CCCN1)N(C(=O)c1ccc2[nH]c(=O)c3[nH]cc(C(=O)O)c3c2c1)C1CC1. The molecule has 4 N–H and O–H groups in total. The minimum absolute atomic E-state index is 0.0495. The number of carbonyl (C=O) groups is 3. The Hall–Kier alpha value is -3.66. The third-order valence-corrected chi connectivity index (χ3v) is 6.72. The second-order valence-corrected chi connectivity index (χ2v) is 10.6. The average molecular weight is 495 g/mol. The van der Waals surface area contributed by atoms with Crippen molar-refractivity contribution in [1.29, 1.82) is 0 Å². The van der Waals surface area contributed by atoms with Crippen molar-refractivity contribution in [3.05, 3.63) is 45.9 Å². The summed E-state index contributed by atoms with van der Waals surface area (Å²) in [4.78, 5) is 58.8. The molecular weight excluding hydrogens is 464 g/mol. The number of amides is 1. The molecule has 2 fully saturated rings. The highest BCUT2D eigenvalue weighted by atomic mass is 16.6. The fraction of sp³-hybridized carbons (Fsp3) is 0.462.